The molecule has 66 heavy (non-hydrogen) atoms. The molecule has 0 N–H and O–H groups in total. The van der Waals surface area contributed by atoms with Gasteiger partial charge < -0.3 is 14.0 Å². The van der Waals surface area contributed by atoms with E-state index in [0.717, 1.165) is 22.7 Å². The van der Waals surface area contributed by atoms with Gasteiger partial charge in [-0.2, -0.15) is 0 Å². The van der Waals surface area contributed by atoms with Gasteiger partial charge >= 0.3 is 0 Å². The van der Waals surface area contributed by atoms with Gasteiger partial charge in [-0.25, -0.2) is 0 Å². The van der Waals surface area contributed by atoms with E-state index in [-0.39, 0.29) is 5.41 Å². The highest BCUT2D eigenvalue weighted by Gasteiger charge is 2.36. The molecule has 0 radical (unpaired) electrons. The van der Waals surface area contributed by atoms with E-state index in [1.165, 1.54) is 93.8 Å². The summed E-state index contributed by atoms with van der Waals surface area (Å²) in [5.41, 5.74) is 20.5. The first-order valence-electron chi connectivity index (χ1n) is 22.9. The number of para-hydroxylation sites is 5. The largest absolute Gasteiger partial charge is 0.310 e. The number of rotatable bonds is 7. The minimum atomic E-state index is -0.207. The highest BCUT2D eigenvalue weighted by molar-refractivity contribution is 6.11. The summed E-state index contributed by atoms with van der Waals surface area (Å²) >= 11 is 0. The Morgan fingerprint density at radius 1 is 0.303 bits per heavy atom. The molecule has 0 spiro atoms. The second kappa shape index (κ2) is 14.8. The summed E-state index contributed by atoms with van der Waals surface area (Å²) in [6.45, 7) is 4.77. The van der Waals surface area contributed by atoms with Crippen molar-refractivity contribution < 1.29 is 0 Å². The van der Waals surface area contributed by atoms with E-state index in [2.05, 4.69) is 264 Å². The van der Waals surface area contributed by atoms with Gasteiger partial charge in [-0.3, -0.25) is 0 Å². The molecular weight excluding hydrogens is 799 g/mol. The lowest BCUT2D eigenvalue weighted by atomic mass is 9.81. The van der Waals surface area contributed by atoms with Crippen molar-refractivity contribution in [1.29, 1.82) is 0 Å². The predicted octanol–water partition coefficient (Wildman–Crippen LogP) is 17.0. The topological polar surface area (TPSA) is 13.1 Å². The van der Waals surface area contributed by atoms with Crippen LogP contribution < -0.4 is 4.90 Å². The number of hydrogen-bond donors (Lipinski definition) is 0. The minimum Gasteiger partial charge on any atom is -0.310 e. The Morgan fingerprint density at radius 3 is 1.33 bits per heavy atom. The zero-order valence-electron chi connectivity index (χ0n) is 36.9. The molecule has 2 heterocycles. The van der Waals surface area contributed by atoms with Crippen molar-refractivity contribution >= 4 is 60.7 Å². The Kier molecular flexibility index (Phi) is 8.56. The highest BCUT2D eigenvalue weighted by atomic mass is 15.1. The van der Waals surface area contributed by atoms with Crippen LogP contribution in [0.25, 0.3) is 88.4 Å². The van der Waals surface area contributed by atoms with Crippen LogP contribution in [-0.4, -0.2) is 9.13 Å². The maximum absolute atomic E-state index is 2.44. The normalized spacial score (nSPS) is 12.8. The number of nitrogens with zero attached hydrogens (tertiary/aromatic N) is 3. The molecule has 13 rings (SSSR count). The van der Waals surface area contributed by atoms with Gasteiger partial charge in [0.1, 0.15) is 0 Å². The zero-order valence-corrected chi connectivity index (χ0v) is 36.9. The molecular formula is C63H45N3. The second-order valence-electron chi connectivity index (χ2n) is 18.2. The van der Waals surface area contributed by atoms with E-state index in [0.29, 0.717) is 0 Å². The summed E-state index contributed by atoms with van der Waals surface area (Å²) in [4.78, 5) is 2.39. The number of benzene rings is 10. The molecule has 0 bridgehead atoms. The van der Waals surface area contributed by atoms with Crippen molar-refractivity contribution in [2.45, 2.75) is 19.3 Å². The van der Waals surface area contributed by atoms with Gasteiger partial charge in [0.15, 0.2) is 0 Å². The summed E-state index contributed by atoms with van der Waals surface area (Å²) in [6.07, 6.45) is 0. The van der Waals surface area contributed by atoms with Crippen LogP contribution in [0.3, 0.4) is 0 Å². The molecule has 3 heteroatoms. The molecule has 2 aromatic heterocycles. The van der Waals surface area contributed by atoms with Gasteiger partial charge in [0, 0.05) is 55.4 Å². The first-order chi connectivity index (χ1) is 32.5. The third-order valence-electron chi connectivity index (χ3n) is 14.1. The van der Waals surface area contributed by atoms with Gasteiger partial charge in [0.2, 0.25) is 0 Å². The molecule has 1 aliphatic rings. The van der Waals surface area contributed by atoms with E-state index >= 15 is 0 Å². The standard InChI is InChI=1S/C63H45N3/c1-63(2)57-40-45(44-30-38-62-56(39-44)55-21-11-14-24-61(55)65(62)47-17-7-4-8-18-47)29-36-51(57)52-37-35-50(41-58(52)63)64(46-15-5-3-6-16-46)48-31-25-42(26-32-48)43-27-33-49(34-28-43)66-59-22-12-9-19-53(59)54-20-10-13-23-60(54)66/h3-41H,1-2H3. The lowest BCUT2D eigenvalue weighted by Crippen LogP contribution is -2.16. The fourth-order valence-electron chi connectivity index (χ4n) is 10.9. The third kappa shape index (κ3) is 5.90. The van der Waals surface area contributed by atoms with Crippen LogP contribution >= 0.6 is 0 Å². The lowest BCUT2D eigenvalue weighted by molar-refractivity contribution is 0.660. The van der Waals surface area contributed by atoms with Gasteiger partial charge in [0.05, 0.1) is 22.1 Å². The maximum Gasteiger partial charge on any atom is 0.0541 e. The second-order valence-corrected chi connectivity index (χ2v) is 18.2. The van der Waals surface area contributed by atoms with Crippen LogP contribution in [0.4, 0.5) is 17.1 Å². The van der Waals surface area contributed by atoms with Crippen LogP contribution in [0.15, 0.2) is 237 Å². The Labute approximate surface area is 384 Å². The van der Waals surface area contributed by atoms with Crippen molar-refractivity contribution in [3.05, 3.63) is 248 Å². The first kappa shape index (κ1) is 38.1. The van der Waals surface area contributed by atoms with Gasteiger partial charge in [-0.05, 0) is 142 Å². The first-order valence-corrected chi connectivity index (χ1v) is 22.9. The minimum absolute atomic E-state index is 0.207. The molecule has 312 valence electrons. The molecule has 12 aromatic rings. The number of anilines is 3. The molecule has 1 aliphatic carbocycles. The highest BCUT2D eigenvalue weighted by Crippen LogP contribution is 2.52. The summed E-state index contributed by atoms with van der Waals surface area (Å²) < 4.78 is 4.76. The van der Waals surface area contributed by atoms with Crippen LogP contribution in [0, 0.1) is 0 Å². The van der Waals surface area contributed by atoms with E-state index in [4.69, 9.17) is 0 Å². The average Bonchev–Trinajstić information content (AvgIpc) is 3.97. The van der Waals surface area contributed by atoms with Gasteiger partial charge in [0.25, 0.3) is 0 Å². The average molecular weight is 844 g/mol. The fraction of sp³-hybridized carbons (Fsp3) is 0.0476. The van der Waals surface area contributed by atoms with Crippen LogP contribution in [0.2, 0.25) is 0 Å². The van der Waals surface area contributed by atoms with Gasteiger partial charge in [-0.1, -0.05) is 153 Å². The summed E-state index contributed by atoms with van der Waals surface area (Å²) in [7, 11) is 0. The van der Waals surface area contributed by atoms with Crippen molar-refractivity contribution in [3.8, 4) is 44.8 Å². The molecule has 0 aliphatic heterocycles. The smallest absolute Gasteiger partial charge is 0.0541 e. The van der Waals surface area contributed by atoms with Gasteiger partial charge in [-0.15, -0.1) is 0 Å². The van der Waals surface area contributed by atoms with Crippen molar-refractivity contribution in [3.63, 3.8) is 0 Å². The van der Waals surface area contributed by atoms with Crippen LogP contribution in [0.5, 0.6) is 0 Å². The summed E-state index contributed by atoms with van der Waals surface area (Å²) in [5.74, 6) is 0. The Balaban J connectivity index is 0.831. The van der Waals surface area contributed by atoms with E-state index < -0.39 is 0 Å². The molecule has 0 fully saturated rings. The fourth-order valence-corrected chi connectivity index (χ4v) is 10.9. The Hall–Kier alpha value is -8.40. The SMILES string of the molecule is CC1(C)c2cc(-c3ccc4c(c3)c3ccccc3n4-c3ccccc3)ccc2-c2ccc(N(c3ccccc3)c3ccc(-c4ccc(-n5c6ccccc6c6ccccc65)cc4)cc3)cc21. The van der Waals surface area contributed by atoms with E-state index in [9.17, 15) is 0 Å². The van der Waals surface area contributed by atoms with E-state index in [1.54, 1.807) is 0 Å². The predicted molar refractivity (Wildman–Crippen MR) is 278 cm³/mol. The third-order valence-corrected chi connectivity index (χ3v) is 14.1. The quantitative estimate of drug-likeness (QED) is 0.156. The molecule has 0 saturated carbocycles. The van der Waals surface area contributed by atoms with Crippen molar-refractivity contribution in [2.24, 2.45) is 0 Å². The summed E-state index contributed by atoms with van der Waals surface area (Å²) in [5, 5.41) is 5.08. The molecule has 0 atom stereocenters. The molecule has 10 aromatic carbocycles. The van der Waals surface area contributed by atoms with Crippen molar-refractivity contribution in [2.75, 3.05) is 4.90 Å². The molecule has 0 amide bonds. The van der Waals surface area contributed by atoms with Crippen LogP contribution in [0.1, 0.15) is 25.0 Å². The maximum atomic E-state index is 2.44. The van der Waals surface area contributed by atoms with E-state index in [1.807, 2.05) is 0 Å². The Morgan fingerprint density at radius 2 is 0.712 bits per heavy atom. The number of hydrogen-bond acceptors (Lipinski definition) is 1. The lowest BCUT2D eigenvalue weighted by Gasteiger charge is -2.28. The number of aromatic nitrogens is 2. The molecule has 0 unspecified atom stereocenters. The zero-order chi connectivity index (χ0) is 43.9. The summed E-state index contributed by atoms with van der Waals surface area (Å²) in [6, 6.07) is 86.7. The molecule has 0 saturated heterocycles. The Bertz CT molecular complexity index is 3760. The monoisotopic (exact) mass is 843 g/mol. The van der Waals surface area contributed by atoms with Crippen molar-refractivity contribution in [1.82, 2.24) is 9.13 Å². The van der Waals surface area contributed by atoms with Crippen LogP contribution in [-0.2, 0) is 5.41 Å². The number of fused-ring (bicyclic) bond motifs is 9. The molecule has 3 nitrogen and oxygen atoms in total.